The van der Waals surface area contributed by atoms with Gasteiger partial charge in [-0.05, 0) is 37.0 Å². The van der Waals surface area contributed by atoms with Crippen molar-refractivity contribution in [2.24, 2.45) is 5.92 Å². The molecule has 0 aliphatic carbocycles. The first-order valence-corrected chi connectivity index (χ1v) is 7.73. The molecule has 0 aliphatic rings. The Hall–Kier alpha value is -1.63. The topological polar surface area (TPSA) is 85.2 Å². The molecule has 0 spiro atoms. The largest absolute Gasteiger partial charge is 0.497 e. The van der Waals surface area contributed by atoms with Gasteiger partial charge in [-0.1, -0.05) is 19.1 Å². The monoisotopic (exact) mass is 326 g/mol. The average Bonchev–Trinajstić information content (AvgIpc) is 2.57. The minimum Gasteiger partial charge on any atom is -0.497 e. The van der Waals surface area contributed by atoms with Crippen LogP contribution in [-0.2, 0) is 20.9 Å². The Balaban J connectivity index is 2.29. The Morgan fingerprint density at radius 2 is 1.87 bits per heavy atom. The van der Waals surface area contributed by atoms with Gasteiger partial charge in [-0.2, -0.15) is 0 Å². The summed E-state index contributed by atoms with van der Waals surface area (Å²) in [5.41, 5.74) is 1.02. The Morgan fingerprint density at radius 1 is 1.22 bits per heavy atom. The number of aliphatic hydroxyl groups excluding tert-OH is 2. The summed E-state index contributed by atoms with van der Waals surface area (Å²) < 4.78 is 15.3. The number of hydrogen-bond acceptors (Lipinski definition) is 6. The van der Waals surface area contributed by atoms with Crippen molar-refractivity contribution in [1.82, 2.24) is 0 Å². The van der Waals surface area contributed by atoms with Crippen LogP contribution in [0.25, 0.3) is 0 Å². The minimum atomic E-state index is -1.52. The SMILES string of the molecule is CCOC(=O)[C@@H](O)[C@H](O)[C@H](C)CCOCc1ccc(OC)cc1. The van der Waals surface area contributed by atoms with Crippen molar-refractivity contribution in [3.8, 4) is 5.75 Å². The van der Waals surface area contributed by atoms with E-state index in [1.807, 2.05) is 24.3 Å². The van der Waals surface area contributed by atoms with Gasteiger partial charge in [0, 0.05) is 6.61 Å². The molecule has 0 unspecified atom stereocenters. The zero-order valence-corrected chi connectivity index (χ0v) is 13.9. The third kappa shape index (κ3) is 6.56. The predicted octanol–water partition coefficient (Wildman–Crippen LogP) is 1.52. The van der Waals surface area contributed by atoms with Crippen molar-refractivity contribution in [2.75, 3.05) is 20.3 Å². The Morgan fingerprint density at radius 3 is 2.43 bits per heavy atom. The molecule has 1 aromatic rings. The van der Waals surface area contributed by atoms with E-state index >= 15 is 0 Å². The van der Waals surface area contributed by atoms with Crippen molar-refractivity contribution >= 4 is 5.97 Å². The summed E-state index contributed by atoms with van der Waals surface area (Å²) in [7, 11) is 1.61. The lowest BCUT2D eigenvalue weighted by Crippen LogP contribution is -2.39. The lowest BCUT2D eigenvalue weighted by Gasteiger charge is -2.22. The van der Waals surface area contributed by atoms with Crippen molar-refractivity contribution in [3.05, 3.63) is 29.8 Å². The molecule has 3 atom stereocenters. The van der Waals surface area contributed by atoms with E-state index in [0.717, 1.165) is 11.3 Å². The van der Waals surface area contributed by atoms with Gasteiger partial charge in [-0.15, -0.1) is 0 Å². The van der Waals surface area contributed by atoms with Gasteiger partial charge in [-0.25, -0.2) is 4.79 Å². The smallest absolute Gasteiger partial charge is 0.337 e. The highest BCUT2D eigenvalue weighted by molar-refractivity contribution is 5.75. The van der Waals surface area contributed by atoms with Crippen molar-refractivity contribution in [1.29, 1.82) is 0 Å². The summed E-state index contributed by atoms with van der Waals surface area (Å²) in [5.74, 6) is -0.297. The summed E-state index contributed by atoms with van der Waals surface area (Å²) in [4.78, 5) is 11.4. The number of carbonyl (C=O) groups is 1. The summed E-state index contributed by atoms with van der Waals surface area (Å²) >= 11 is 0. The van der Waals surface area contributed by atoms with Crippen molar-refractivity contribution < 1.29 is 29.2 Å². The molecule has 0 saturated heterocycles. The second-order valence-electron chi connectivity index (χ2n) is 5.35. The minimum absolute atomic E-state index is 0.169. The van der Waals surface area contributed by atoms with E-state index in [1.165, 1.54) is 0 Å². The molecule has 23 heavy (non-hydrogen) atoms. The zero-order chi connectivity index (χ0) is 17.2. The van der Waals surface area contributed by atoms with Gasteiger partial charge in [0.25, 0.3) is 0 Å². The summed E-state index contributed by atoms with van der Waals surface area (Å²) in [5, 5.41) is 19.6. The molecule has 2 N–H and O–H groups in total. The van der Waals surface area contributed by atoms with Crippen molar-refractivity contribution in [2.45, 2.75) is 39.1 Å². The van der Waals surface area contributed by atoms with E-state index < -0.39 is 18.2 Å². The zero-order valence-electron chi connectivity index (χ0n) is 13.9. The first kappa shape index (κ1) is 19.4. The molecule has 0 aromatic heterocycles. The van der Waals surface area contributed by atoms with Gasteiger partial charge >= 0.3 is 5.97 Å². The molecule has 0 saturated carbocycles. The quantitative estimate of drug-likeness (QED) is 0.501. The van der Waals surface area contributed by atoms with Gasteiger partial charge in [0.1, 0.15) is 5.75 Å². The van der Waals surface area contributed by atoms with E-state index in [2.05, 4.69) is 4.74 Å². The fraction of sp³-hybridized carbons (Fsp3) is 0.588. The van der Waals surface area contributed by atoms with Crippen LogP contribution < -0.4 is 4.74 Å². The third-order valence-electron chi connectivity index (χ3n) is 3.58. The highest BCUT2D eigenvalue weighted by Crippen LogP contribution is 2.15. The standard InChI is InChI=1S/C17H26O6/c1-4-23-17(20)16(19)15(18)12(2)9-10-22-11-13-5-7-14(21-3)8-6-13/h5-8,12,15-16,18-19H,4,9-11H2,1-3H3/t12-,15-,16+/m1/s1. The molecule has 0 amide bonds. The third-order valence-corrected chi connectivity index (χ3v) is 3.58. The molecule has 0 bridgehead atoms. The Kier molecular flexibility index (Phi) is 8.61. The number of methoxy groups -OCH3 is 1. The van der Waals surface area contributed by atoms with E-state index in [0.29, 0.717) is 19.6 Å². The molecule has 1 aromatic carbocycles. The summed E-state index contributed by atoms with van der Waals surface area (Å²) in [6.07, 6.45) is -2.17. The van der Waals surface area contributed by atoms with Crippen LogP contribution in [0, 0.1) is 5.92 Å². The van der Waals surface area contributed by atoms with Crippen LogP contribution in [0.15, 0.2) is 24.3 Å². The molecule has 1 rings (SSSR count). The van der Waals surface area contributed by atoms with Crippen molar-refractivity contribution in [3.63, 3.8) is 0 Å². The molecule has 130 valence electrons. The lowest BCUT2D eigenvalue weighted by molar-refractivity contribution is -0.161. The summed E-state index contributed by atoms with van der Waals surface area (Å²) in [6.45, 7) is 4.44. The number of carbonyl (C=O) groups excluding carboxylic acids is 1. The molecule has 6 nitrogen and oxygen atoms in total. The Labute approximate surface area is 137 Å². The predicted molar refractivity (Wildman–Crippen MR) is 85.1 cm³/mol. The molecular formula is C17H26O6. The molecule has 6 heteroatoms. The maximum Gasteiger partial charge on any atom is 0.337 e. The first-order chi connectivity index (χ1) is 11.0. The van der Waals surface area contributed by atoms with E-state index in [-0.39, 0.29) is 12.5 Å². The molecule has 0 heterocycles. The average molecular weight is 326 g/mol. The van der Waals surface area contributed by atoms with E-state index in [9.17, 15) is 15.0 Å². The molecule has 0 radical (unpaired) electrons. The maximum absolute atomic E-state index is 11.4. The number of benzene rings is 1. The van der Waals surface area contributed by atoms with E-state index in [1.54, 1.807) is 21.0 Å². The van der Waals surface area contributed by atoms with Crippen LogP contribution in [-0.4, -0.2) is 48.7 Å². The molecule has 0 aliphatic heterocycles. The van der Waals surface area contributed by atoms with Gasteiger partial charge in [0.15, 0.2) is 6.10 Å². The van der Waals surface area contributed by atoms with E-state index in [4.69, 9.17) is 9.47 Å². The van der Waals surface area contributed by atoms with Gasteiger partial charge in [-0.3, -0.25) is 0 Å². The maximum atomic E-state index is 11.4. The fourth-order valence-electron chi connectivity index (χ4n) is 2.03. The van der Waals surface area contributed by atoms with Crippen LogP contribution in [0.2, 0.25) is 0 Å². The summed E-state index contributed by atoms with van der Waals surface area (Å²) in [6, 6.07) is 7.56. The van der Waals surface area contributed by atoms with Crippen LogP contribution in [0.4, 0.5) is 0 Å². The molecular weight excluding hydrogens is 300 g/mol. The number of esters is 1. The first-order valence-electron chi connectivity index (χ1n) is 7.73. The highest BCUT2D eigenvalue weighted by Gasteiger charge is 2.29. The van der Waals surface area contributed by atoms with Crippen LogP contribution in [0.5, 0.6) is 5.75 Å². The van der Waals surface area contributed by atoms with Crippen LogP contribution >= 0.6 is 0 Å². The number of rotatable bonds is 10. The normalized spacial score (nSPS) is 14.8. The van der Waals surface area contributed by atoms with Gasteiger partial charge < -0.3 is 24.4 Å². The second kappa shape index (κ2) is 10.2. The second-order valence-corrected chi connectivity index (χ2v) is 5.35. The Bertz CT molecular complexity index is 459. The van der Waals surface area contributed by atoms with Gasteiger partial charge in [0.2, 0.25) is 0 Å². The fourth-order valence-corrected chi connectivity index (χ4v) is 2.03. The van der Waals surface area contributed by atoms with Crippen LogP contribution in [0.1, 0.15) is 25.8 Å². The van der Waals surface area contributed by atoms with Gasteiger partial charge in [0.05, 0.1) is 26.4 Å². The number of ether oxygens (including phenoxy) is 3. The van der Waals surface area contributed by atoms with Crippen LogP contribution in [0.3, 0.4) is 0 Å². The lowest BCUT2D eigenvalue weighted by atomic mass is 9.97. The highest BCUT2D eigenvalue weighted by atomic mass is 16.5. The number of hydrogen-bond donors (Lipinski definition) is 2. The number of aliphatic hydroxyl groups is 2. The molecule has 0 fully saturated rings.